The van der Waals surface area contributed by atoms with Gasteiger partial charge in [-0.15, -0.1) is 0 Å². The van der Waals surface area contributed by atoms with E-state index in [1.165, 1.54) is 0 Å². The molecule has 0 saturated carbocycles. The second kappa shape index (κ2) is 11.7. The molecule has 0 saturated heterocycles. The first-order valence-electron chi connectivity index (χ1n) is 9.86. The summed E-state index contributed by atoms with van der Waals surface area (Å²) in [7, 11) is 3.23. The van der Waals surface area contributed by atoms with Crippen LogP contribution in [0, 0.1) is 3.82 Å². The zero-order chi connectivity index (χ0) is 21.2. The number of ether oxygens (including phenoxy) is 1. The molecule has 0 fully saturated rings. The number of hydrogen-bond donors (Lipinski definition) is 1. The van der Waals surface area contributed by atoms with Gasteiger partial charge in [-0.2, -0.15) is 0 Å². The number of unbranched alkanes of at least 4 members (excludes halogenated alkanes) is 3. The second-order valence-electron chi connectivity index (χ2n) is 6.82. The van der Waals surface area contributed by atoms with Crippen molar-refractivity contribution in [1.29, 1.82) is 0 Å². The van der Waals surface area contributed by atoms with Gasteiger partial charge in [0.25, 0.3) is 0 Å². The van der Waals surface area contributed by atoms with Crippen LogP contribution >= 0.6 is 32.9 Å². The lowest BCUT2D eigenvalue weighted by molar-refractivity contribution is -0.134. The Hall–Kier alpha value is -2.35. The normalized spacial score (nSPS) is 10.5. The van der Waals surface area contributed by atoms with E-state index in [0.717, 1.165) is 45.6 Å². The Morgan fingerprint density at radius 3 is 2.23 bits per heavy atom. The van der Waals surface area contributed by atoms with Gasteiger partial charge in [-0.1, -0.05) is 63.9 Å². The number of rotatable bonds is 10. The van der Waals surface area contributed by atoms with Crippen LogP contribution in [0.2, 0.25) is 0 Å². The van der Waals surface area contributed by atoms with Crippen LogP contribution in [-0.4, -0.2) is 11.9 Å². The van der Waals surface area contributed by atoms with Gasteiger partial charge >= 0.3 is 5.97 Å². The van der Waals surface area contributed by atoms with E-state index >= 15 is 0 Å². The third-order valence-corrected chi connectivity index (χ3v) is 7.34. The summed E-state index contributed by atoms with van der Waals surface area (Å²) in [4.78, 5) is 25.0. The number of amides is 1. The van der Waals surface area contributed by atoms with E-state index in [4.69, 9.17) is 17.0 Å². The van der Waals surface area contributed by atoms with Crippen LogP contribution in [0.5, 0.6) is 5.75 Å². The molecule has 1 heterocycles. The van der Waals surface area contributed by atoms with Gasteiger partial charge in [-0.3, -0.25) is 9.59 Å². The van der Waals surface area contributed by atoms with Gasteiger partial charge in [0.05, 0.1) is 0 Å². The summed E-state index contributed by atoms with van der Waals surface area (Å²) in [5.41, 5.74) is 1.89. The van der Waals surface area contributed by atoms with Gasteiger partial charge in [-0.25, -0.2) is 0 Å². The molecule has 0 aliphatic carbocycles. The fourth-order valence-corrected chi connectivity index (χ4v) is 5.30. The minimum Gasteiger partial charge on any atom is -0.427 e. The number of nitrogens with one attached hydrogen (secondary N) is 1. The Bertz CT molecular complexity index is 1010. The third kappa shape index (κ3) is 7.48. The molecular formula is C23H23NO3S3. The van der Waals surface area contributed by atoms with Crippen LogP contribution in [0.1, 0.15) is 38.5 Å². The summed E-state index contributed by atoms with van der Waals surface area (Å²) in [6.07, 6.45) is 4.25. The predicted octanol–water partition coefficient (Wildman–Crippen LogP) is 7.09. The molecule has 0 aliphatic rings. The zero-order valence-electron chi connectivity index (χ0n) is 16.5. The smallest absolute Gasteiger partial charge is 0.311 e. The predicted molar refractivity (Wildman–Crippen MR) is 127 cm³/mol. The average Bonchev–Trinajstić information content (AvgIpc) is 3.18. The third-order valence-electron chi connectivity index (χ3n) is 4.43. The van der Waals surface area contributed by atoms with Crippen LogP contribution in [0.3, 0.4) is 0 Å². The Kier molecular flexibility index (Phi) is 8.74. The SMILES string of the molecule is O=C(CCCCCCC(=O)Oc1ccc(-c2cc(=S)ss2)cc1)Nc1ccccc1. The number of hydrogen-bond acceptors (Lipinski definition) is 6. The highest BCUT2D eigenvalue weighted by Crippen LogP contribution is 2.30. The van der Waals surface area contributed by atoms with Crippen LogP contribution < -0.4 is 10.1 Å². The van der Waals surface area contributed by atoms with Gasteiger partial charge in [0.15, 0.2) is 0 Å². The summed E-state index contributed by atoms with van der Waals surface area (Å²) in [6.45, 7) is 0. The van der Waals surface area contributed by atoms with E-state index in [1.54, 1.807) is 20.7 Å². The van der Waals surface area contributed by atoms with E-state index in [0.29, 0.717) is 18.6 Å². The molecule has 4 nitrogen and oxygen atoms in total. The van der Waals surface area contributed by atoms with Crippen LogP contribution in [0.25, 0.3) is 10.4 Å². The van der Waals surface area contributed by atoms with Crippen molar-refractivity contribution in [2.75, 3.05) is 5.32 Å². The first-order valence-corrected chi connectivity index (χ1v) is 12.4. The van der Waals surface area contributed by atoms with Crippen molar-refractivity contribution >= 4 is 50.5 Å². The topological polar surface area (TPSA) is 55.4 Å². The maximum Gasteiger partial charge on any atom is 0.311 e. The average molecular weight is 458 g/mol. The molecule has 30 heavy (non-hydrogen) atoms. The molecule has 0 spiro atoms. The molecule has 3 aromatic rings. The molecule has 1 N–H and O–H groups in total. The molecule has 1 amide bonds. The Balaban J connectivity index is 1.28. The molecule has 0 radical (unpaired) electrons. The molecule has 0 unspecified atom stereocenters. The standard InChI is InChI=1S/C23H23NO3S3/c25-21(24-18-8-4-3-5-9-18)10-6-1-2-7-11-22(26)27-19-14-12-17(13-15-19)20-16-23(28)30-29-20/h3-5,8-9,12-16H,1-2,6-7,10-11H2,(H,24,25). The van der Waals surface area contributed by atoms with Crippen molar-refractivity contribution in [3.8, 4) is 16.2 Å². The number of carbonyl (C=O) groups excluding carboxylic acids is 2. The van der Waals surface area contributed by atoms with Crippen molar-refractivity contribution in [1.82, 2.24) is 0 Å². The van der Waals surface area contributed by atoms with E-state index in [2.05, 4.69) is 5.32 Å². The van der Waals surface area contributed by atoms with Crippen molar-refractivity contribution in [3.63, 3.8) is 0 Å². The number of anilines is 1. The summed E-state index contributed by atoms with van der Waals surface area (Å²) in [5.74, 6) is 0.354. The van der Waals surface area contributed by atoms with Gasteiger partial charge in [0.1, 0.15) is 9.57 Å². The quantitative estimate of drug-likeness (QED) is 0.116. The Labute approximate surface area is 188 Å². The highest BCUT2D eigenvalue weighted by Gasteiger charge is 2.07. The summed E-state index contributed by atoms with van der Waals surface area (Å²) in [6, 6.07) is 18.9. The van der Waals surface area contributed by atoms with Crippen LogP contribution in [0.15, 0.2) is 60.7 Å². The number of benzene rings is 2. The first-order chi connectivity index (χ1) is 14.6. The molecule has 1 aromatic heterocycles. The van der Waals surface area contributed by atoms with Gasteiger partial charge in [0.2, 0.25) is 5.91 Å². The molecule has 156 valence electrons. The zero-order valence-corrected chi connectivity index (χ0v) is 18.9. The highest BCUT2D eigenvalue weighted by atomic mass is 32.9. The lowest BCUT2D eigenvalue weighted by Gasteiger charge is -2.06. The van der Waals surface area contributed by atoms with E-state index in [1.807, 2.05) is 60.7 Å². The van der Waals surface area contributed by atoms with E-state index in [9.17, 15) is 9.59 Å². The fourth-order valence-electron chi connectivity index (χ4n) is 2.90. The van der Waals surface area contributed by atoms with Crippen molar-refractivity contribution in [3.05, 3.63) is 64.5 Å². The monoisotopic (exact) mass is 457 g/mol. The minimum atomic E-state index is -0.226. The maximum atomic E-state index is 12.0. The fraction of sp³-hybridized carbons (Fsp3) is 0.261. The highest BCUT2D eigenvalue weighted by molar-refractivity contribution is 7.80. The van der Waals surface area contributed by atoms with Crippen molar-refractivity contribution < 1.29 is 14.3 Å². The first kappa shape index (κ1) is 22.3. The van der Waals surface area contributed by atoms with Crippen molar-refractivity contribution in [2.45, 2.75) is 38.5 Å². The summed E-state index contributed by atoms with van der Waals surface area (Å²) < 4.78 is 6.28. The maximum absolute atomic E-state index is 12.0. The van der Waals surface area contributed by atoms with Crippen molar-refractivity contribution in [2.24, 2.45) is 0 Å². The summed E-state index contributed by atoms with van der Waals surface area (Å²) in [5, 5.41) is 2.88. The second-order valence-corrected chi connectivity index (χ2v) is 9.73. The van der Waals surface area contributed by atoms with Gasteiger partial charge in [0, 0.05) is 23.4 Å². The van der Waals surface area contributed by atoms with E-state index < -0.39 is 0 Å². The molecule has 0 aliphatic heterocycles. The number of esters is 1. The molecule has 2 aromatic carbocycles. The molecule has 3 rings (SSSR count). The van der Waals surface area contributed by atoms with Gasteiger partial charge in [-0.05, 0) is 60.9 Å². The van der Waals surface area contributed by atoms with Crippen LogP contribution in [-0.2, 0) is 9.59 Å². The largest absolute Gasteiger partial charge is 0.427 e. The number of carbonyl (C=O) groups is 2. The Morgan fingerprint density at radius 1 is 0.867 bits per heavy atom. The molecule has 0 atom stereocenters. The Morgan fingerprint density at radius 2 is 1.57 bits per heavy atom. The lowest BCUT2D eigenvalue weighted by atomic mass is 10.1. The molecule has 0 bridgehead atoms. The lowest BCUT2D eigenvalue weighted by Crippen LogP contribution is -2.11. The van der Waals surface area contributed by atoms with Crippen LogP contribution in [0.4, 0.5) is 5.69 Å². The van der Waals surface area contributed by atoms with E-state index in [-0.39, 0.29) is 11.9 Å². The molecular weight excluding hydrogens is 434 g/mol. The summed E-state index contributed by atoms with van der Waals surface area (Å²) >= 11 is 5.16. The minimum absolute atomic E-state index is 0.0243. The van der Waals surface area contributed by atoms with Gasteiger partial charge < -0.3 is 10.1 Å². The molecule has 7 heteroatoms. The number of para-hydroxylation sites is 1.